The molecule has 3 aromatic rings. The Morgan fingerprint density at radius 2 is 1.73 bits per heavy atom. The average molecular weight is 350 g/mol. The van der Waals surface area contributed by atoms with Crippen molar-refractivity contribution >= 4 is 22.8 Å². The number of carbonyl (C=O) groups is 2. The molecule has 0 aliphatic heterocycles. The summed E-state index contributed by atoms with van der Waals surface area (Å²) in [6, 6.07) is 14.2. The molecule has 6 heteroatoms. The smallest absolute Gasteiger partial charge is 0.261 e. The van der Waals surface area contributed by atoms with Gasteiger partial charge in [-0.2, -0.15) is 0 Å². The van der Waals surface area contributed by atoms with E-state index in [0.717, 1.165) is 16.6 Å². The molecule has 0 saturated heterocycles. The van der Waals surface area contributed by atoms with E-state index in [0.29, 0.717) is 5.56 Å². The zero-order valence-corrected chi connectivity index (χ0v) is 15.1. The van der Waals surface area contributed by atoms with Gasteiger partial charge < -0.3 is 5.32 Å². The van der Waals surface area contributed by atoms with E-state index in [1.54, 1.807) is 17.1 Å². The van der Waals surface area contributed by atoms with Crippen LogP contribution in [0.2, 0.25) is 0 Å². The lowest BCUT2D eigenvalue weighted by Crippen LogP contribution is -2.48. The second-order valence-electron chi connectivity index (χ2n) is 6.59. The van der Waals surface area contributed by atoms with Crippen LogP contribution in [0.3, 0.4) is 0 Å². The van der Waals surface area contributed by atoms with Crippen molar-refractivity contribution in [3.8, 4) is 0 Å². The highest BCUT2D eigenvalue weighted by molar-refractivity contribution is 6.00. The summed E-state index contributed by atoms with van der Waals surface area (Å²) in [5.74, 6) is -0.615. The van der Waals surface area contributed by atoms with Crippen molar-refractivity contribution < 1.29 is 9.59 Å². The monoisotopic (exact) mass is 350 g/mol. The molecule has 0 bridgehead atoms. The minimum atomic E-state index is -0.664. The average Bonchev–Trinajstić information content (AvgIpc) is 3.02. The van der Waals surface area contributed by atoms with Gasteiger partial charge in [0.25, 0.3) is 11.8 Å². The Kier molecular flexibility index (Phi) is 5.02. The lowest BCUT2D eigenvalue weighted by molar-refractivity contribution is -0.119. The Hall–Kier alpha value is -3.15. The highest BCUT2D eigenvalue weighted by Crippen LogP contribution is 2.12. The van der Waals surface area contributed by atoms with Crippen molar-refractivity contribution in [2.24, 2.45) is 5.92 Å². The summed E-state index contributed by atoms with van der Waals surface area (Å²) >= 11 is 0. The minimum Gasteiger partial charge on any atom is -0.340 e. The molecule has 1 atom stereocenters. The van der Waals surface area contributed by atoms with Gasteiger partial charge in [-0.05, 0) is 36.6 Å². The van der Waals surface area contributed by atoms with Gasteiger partial charge >= 0.3 is 0 Å². The van der Waals surface area contributed by atoms with E-state index in [2.05, 4.69) is 15.7 Å². The van der Waals surface area contributed by atoms with Crippen molar-refractivity contribution in [3.63, 3.8) is 0 Å². The molecule has 1 aromatic heterocycles. The Labute approximate surface area is 152 Å². The van der Waals surface area contributed by atoms with Gasteiger partial charge in [0.2, 0.25) is 0 Å². The molecule has 2 amide bonds. The second-order valence-corrected chi connectivity index (χ2v) is 6.59. The first kappa shape index (κ1) is 17.7. The number of imidazole rings is 1. The first-order valence-electron chi connectivity index (χ1n) is 8.57. The number of aromatic nitrogens is 2. The van der Waals surface area contributed by atoms with Crippen molar-refractivity contribution in [1.29, 1.82) is 0 Å². The minimum absolute atomic E-state index is 0.0715. The van der Waals surface area contributed by atoms with Gasteiger partial charge in [-0.3, -0.25) is 15.0 Å². The van der Waals surface area contributed by atoms with Gasteiger partial charge in [-0.25, -0.2) is 9.66 Å². The summed E-state index contributed by atoms with van der Waals surface area (Å²) in [7, 11) is 0. The summed E-state index contributed by atoms with van der Waals surface area (Å²) in [6.07, 6.45) is 1.56. The van der Waals surface area contributed by atoms with Crippen molar-refractivity contribution in [2.75, 3.05) is 5.43 Å². The molecule has 1 heterocycles. The first-order valence-corrected chi connectivity index (χ1v) is 8.57. The molecular weight excluding hydrogens is 328 g/mol. The molecule has 2 aromatic carbocycles. The number of fused-ring (bicyclic) bond motifs is 1. The molecule has 0 fully saturated rings. The zero-order chi connectivity index (χ0) is 18.7. The molecule has 0 spiro atoms. The van der Waals surface area contributed by atoms with E-state index in [-0.39, 0.29) is 17.7 Å². The standard InChI is InChI=1S/C20H22N4O2/c1-13(2)18(22-19(25)15-9-5-4-8-14(15)3)20(26)23-24-12-21-16-10-6-7-11-17(16)24/h4-13,18H,1-3H3,(H,22,25)(H,23,26). The van der Waals surface area contributed by atoms with E-state index in [9.17, 15) is 9.59 Å². The highest BCUT2D eigenvalue weighted by atomic mass is 16.2. The number of nitrogens with zero attached hydrogens (tertiary/aromatic N) is 2. The van der Waals surface area contributed by atoms with Crippen LogP contribution in [0.1, 0.15) is 29.8 Å². The van der Waals surface area contributed by atoms with E-state index in [4.69, 9.17) is 0 Å². The molecule has 0 radical (unpaired) electrons. The molecule has 0 aliphatic carbocycles. The molecule has 2 N–H and O–H groups in total. The largest absolute Gasteiger partial charge is 0.340 e. The van der Waals surface area contributed by atoms with Crippen molar-refractivity contribution in [3.05, 3.63) is 66.0 Å². The number of rotatable bonds is 5. The first-order chi connectivity index (χ1) is 12.5. The summed E-state index contributed by atoms with van der Waals surface area (Å²) in [4.78, 5) is 29.6. The maximum Gasteiger partial charge on any atom is 0.261 e. The Balaban J connectivity index is 1.78. The number of benzene rings is 2. The van der Waals surface area contributed by atoms with E-state index < -0.39 is 6.04 Å². The van der Waals surface area contributed by atoms with Gasteiger partial charge in [-0.15, -0.1) is 0 Å². The Morgan fingerprint density at radius 3 is 2.46 bits per heavy atom. The molecule has 134 valence electrons. The number of amides is 2. The Bertz CT molecular complexity index is 946. The number of nitrogens with one attached hydrogen (secondary N) is 2. The van der Waals surface area contributed by atoms with Crippen LogP contribution in [0, 0.1) is 12.8 Å². The van der Waals surface area contributed by atoms with Crippen LogP contribution < -0.4 is 10.7 Å². The van der Waals surface area contributed by atoms with Gasteiger partial charge in [-0.1, -0.05) is 44.2 Å². The fourth-order valence-electron chi connectivity index (χ4n) is 2.82. The predicted octanol–water partition coefficient (Wildman–Crippen LogP) is 2.87. The summed E-state index contributed by atoms with van der Waals surface area (Å²) < 4.78 is 1.58. The summed E-state index contributed by atoms with van der Waals surface area (Å²) in [5, 5.41) is 2.85. The summed E-state index contributed by atoms with van der Waals surface area (Å²) in [5.41, 5.74) is 5.85. The predicted molar refractivity (Wildman–Crippen MR) is 101 cm³/mol. The normalized spacial score (nSPS) is 12.2. The molecular formula is C20H22N4O2. The van der Waals surface area contributed by atoms with Crippen LogP contribution in [0.4, 0.5) is 0 Å². The molecule has 6 nitrogen and oxygen atoms in total. The maximum atomic E-state index is 12.8. The van der Waals surface area contributed by atoms with E-state index in [1.165, 1.54) is 0 Å². The molecule has 0 saturated carbocycles. The quantitative estimate of drug-likeness (QED) is 0.743. The van der Waals surface area contributed by atoms with Gasteiger partial charge in [0.15, 0.2) is 0 Å². The van der Waals surface area contributed by atoms with Crippen molar-refractivity contribution in [1.82, 2.24) is 15.0 Å². The van der Waals surface area contributed by atoms with Crippen LogP contribution in [0.25, 0.3) is 11.0 Å². The van der Waals surface area contributed by atoms with Crippen molar-refractivity contribution in [2.45, 2.75) is 26.8 Å². The van der Waals surface area contributed by atoms with Crippen LogP contribution in [-0.2, 0) is 4.79 Å². The third-order valence-electron chi connectivity index (χ3n) is 4.31. The number of carbonyl (C=O) groups excluding carboxylic acids is 2. The zero-order valence-electron chi connectivity index (χ0n) is 15.1. The van der Waals surface area contributed by atoms with E-state index in [1.807, 2.05) is 63.2 Å². The molecule has 26 heavy (non-hydrogen) atoms. The van der Waals surface area contributed by atoms with Crippen LogP contribution in [0.15, 0.2) is 54.9 Å². The molecule has 1 unspecified atom stereocenters. The van der Waals surface area contributed by atoms with Crippen LogP contribution >= 0.6 is 0 Å². The van der Waals surface area contributed by atoms with Gasteiger partial charge in [0.05, 0.1) is 11.0 Å². The van der Waals surface area contributed by atoms with Crippen LogP contribution in [0.5, 0.6) is 0 Å². The highest BCUT2D eigenvalue weighted by Gasteiger charge is 2.25. The summed E-state index contributed by atoms with van der Waals surface area (Å²) in [6.45, 7) is 5.67. The third-order valence-corrected chi connectivity index (χ3v) is 4.31. The third kappa shape index (κ3) is 3.59. The van der Waals surface area contributed by atoms with Gasteiger partial charge in [0.1, 0.15) is 12.4 Å². The number of para-hydroxylation sites is 2. The van der Waals surface area contributed by atoms with E-state index >= 15 is 0 Å². The SMILES string of the molecule is Cc1ccccc1C(=O)NC(C(=O)Nn1cnc2ccccc21)C(C)C. The fourth-order valence-corrected chi connectivity index (χ4v) is 2.82. The van der Waals surface area contributed by atoms with Gasteiger partial charge in [0, 0.05) is 5.56 Å². The Morgan fingerprint density at radius 1 is 1.04 bits per heavy atom. The second kappa shape index (κ2) is 7.39. The van der Waals surface area contributed by atoms with Crippen LogP contribution in [-0.4, -0.2) is 27.5 Å². The number of hydrogen-bond acceptors (Lipinski definition) is 3. The lowest BCUT2D eigenvalue weighted by Gasteiger charge is -2.22. The topological polar surface area (TPSA) is 76.0 Å². The number of hydrogen-bond donors (Lipinski definition) is 2. The lowest BCUT2D eigenvalue weighted by atomic mass is 10.0. The molecule has 0 aliphatic rings. The maximum absolute atomic E-state index is 12.8. The molecule has 3 rings (SSSR count). The fraction of sp³-hybridized carbons (Fsp3) is 0.250. The number of aryl methyl sites for hydroxylation is 1.